The van der Waals surface area contributed by atoms with Gasteiger partial charge in [-0.1, -0.05) is 12.1 Å². The second kappa shape index (κ2) is 8.96. The largest absolute Gasteiger partial charge is 0.506 e. The number of amides is 1. The maximum Gasteiger partial charge on any atom is 0.267 e. The number of methoxy groups -OCH3 is 2. The van der Waals surface area contributed by atoms with E-state index in [1.54, 1.807) is 36.4 Å². The molecule has 8 heteroatoms. The summed E-state index contributed by atoms with van der Waals surface area (Å²) in [5.74, 6) is 0.157. The summed E-state index contributed by atoms with van der Waals surface area (Å²) in [5, 5.41) is 20.7. The smallest absolute Gasteiger partial charge is 0.267 e. The average molecular weight is 426 g/mol. The zero-order valence-corrected chi connectivity index (χ0v) is 17.7. The molecule has 3 rings (SSSR count). The van der Waals surface area contributed by atoms with Crippen molar-refractivity contribution in [3.63, 3.8) is 0 Å². The van der Waals surface area contributed by atoms with Crippen LogP contribution in [0.1, 0.15) is 11.1 Å². The van der Waals surface area contributed by atoms with Crippen LogP contribution in [0.3, 0.4) is 0 Å². The van der Waals surface area contributed by atoms with Crippen LogP contribution in [0.25, 0.3) is 6.08 Å². The summed E-state index contributed by atoms with van der Waals surface area (Å²) in [5.41, 5.74) is 1.90. The zero-order chi connectivity index (χ0) is 21.8. The molecule has 2 aromatic carbocycles. The Morgan fingerprint density at radius 2 is 1.83 bits per heavy atom. The van der Waals surface area contributed by atoms with Gasteiger partial charge in [-0.3, -0.25) is 9.69 Å². The molecule has 2 N–H and O–H groups in total. The molecule has 30 heavy (non-hydrogen) atoms. The van der Waals surface area contributed by atoms with Crippen LogP contribution >= 0.6 is 11.8 Å². The number of aromatic hydroxyl groups is 2. The number of hydrogen-bond acceptors (Lipinski definition) is 7. The van der Waals surface area contributed by atoms with Gasteiger partial charge in [0.15, 0.2) is 16.7 Å². The fraction of sp³-hybridized carbons (Fsp3) is 0.182. The molecule has 0 radical (unpaired) electrons. The van der Waals surface area contributed by atoms with E-state index in [4.69, 9.17) is 9.47 Å². The van der Waals surface area contributed by atoms with Crippen molar-refractivity contribution in [1.82, 2.24) is 4.90 Å². The molecule has 0 bridgehead atoms. The van der Waals surface area contributed by atoms with Gasteiger partial charge in [-0.25, -0.2) is 4.99 Å². The van der Waals surface area contributed by atoms with Gasteiger partial charge in [0.2, 0.25) is 5.75 Å². The molecule has 1 heterocycles. The molecule has 7 nitrogen and oxygen atoms in total. The number of ether oxygens (including phenoxy) is 2. The van der Waals surface area contributed by atoms with E-state index in [1.807, 2.05) is 13.0 Å². The molecular weight excluding hydrogens is 404 g/mol. The molecule has 2 aromatic rings. The fourth-order valence-corrected chi connectivity index (χ4v) is 3.86. The van der Waals surface area contributed by atoms with Gasteiger partial charge in [0.25, 0.3) is 5.91 Å². The number of aryl methyl sites for hydroxylation is 1. The molecule has 0 aliphatic carbocycles. The topological polar surface area (TPSA) is 91.6 Å². The summed E-state index contributed by atoms with van der Waals surface area (Å²) < 4.78 is 10.4. The number of benzene rings is 2. The van der Waals surface area contributed by atoms with Crippen molar-refractivity contribution >= 4 is 34.6 Å². The number of thioether (sulfide) groups is 1. The molecule has 0 aromatic heterocycles. The minimum atomic E-state index is -0.240. The lowest BCUT2D eigenvalue weighted by molar-refractivity contribution is -0.121. The van der Waals surface area contributed by atoms with Crippen molar-refractivity contribution in [2.45, 2.75) is 6.92 Å². The first-order chi connectivity index (χ1) is 14.4. The minimum absolute atomic E-state index is 0.0412. The molecule has 0 atom stereocenters. The molecular formula is C22H22N2O5S. The number of amidine groups is 1. The molecule has 0 saturated carbocycles. The van der Waals surface area contributed by atoms with Crippen LogP contribution in [0.5, 0.6) is 23.0 Å². The zero-order valence-electron chi connectivity index (χ0n) is 16.9. The normalized spacial score (nSPS) is 16.4. The Morgan fingerprint density at radius 1 is 1.17 bits per heavy atom. The van der Waals surface area contributed by atoms with Crippen molar-refractivity contribution in [1.29, 1.82) is 0 Å². The Hall–Kier alpha value is -3.39. The van der Waals surface area contributed by atoms with E-state index in [2.05, 4.69) is 11.6 Å². The fourth-order valence-electron chi connectivity index (χ4n) is 2.86. The Morgan fingerprint density at radius 3 is 2.40 bits per heavy atom. The van der Waals surface area contributed by atoms with Gasteiger partial charge in [-0.2, -0.15) is 0 Å². The van der Waals surface area contributed by atoms with Gasteiger partial charge in [0.1, 0.15) is 11.4 Å². The third kappa shape index (κ3) is 4.28. The molecule has 1 aliphatic rings. The van der Waals surface area contributed by atoms with E-state index in [-0.39, 0.29) is 35.4 Å². The highest BCUT2D eigenvalue weighted by atomic mass is 32.2. The number of hydrogen-bond donors (Lipinski definition) is 2. The minimum Gasteiger partial charge on any atom is -0.506 e. The Bertz CT molecular complexity index is 1040. The number of rotatable bonds is 6. The summed E-state index contributed by atoms with van der Waals surface area (Å²) in [6, 6.07) is 8.37. The highest BCUT2D eigenvalue weighted by Crippen LogP contribution is 2.40. The molecule has 1 fully saturated rings. The molecule has 0 spiro atoms. The predicted octanol–water partition coefficient (Wildman–Crippen LogP) is 4.21. The monoisotopic (exact) mass is 426 g/mol. The lowest BCUT2D eigenvalue weighted by Gasteiger charge is -2.13. The molecule has 156 valence electrons. The van der Waals surface area contributed by atoms with E-state index < -0.39 is 0 Å². The van der Waals surface area contributed by atoms with E-state index in [9.17, 15) is 15.0 Å². The van der Waals surface area contributed by atoms with Crippen LogP contribution in [0, 0.1) is 6.92 Å². The van der Waals surface area contributed by atoms with Crippen molar-refractivity contribution in [3.05, 3.63) is 59.0 Å². The van der Waals surface area contributed by atoms with E-state index in [1.165, 1.54) is 30.9 Å². The summed E-state index contributed by atoms with van der Waals surface area (Å²) in [6.45, 7) is 5.85. The Labute approximate surface area is 179 Å². The van der Waals surface area contributed by atoms with Crippen LogP contribution in [0.2, 0.25) is 0 Å². The summed E-state index contributed by atoms with van der Waals surface area (Å²) in [6.07, 6.45) is 3.28. The highest BCUT2D eigenvalue weighted by molar-refractivity contribution is 8.18. The lowest BCUT2D eigenvalue weighted by atomic mass is 10.1. The third-order valence-corrected chi connectivity index (χ3v) is 5.35. The van der Waals surface area contributed by atoms with Crippen molar-refractivity contribution in [2.75, 3.05) is 20.8 Å². The molecule has 1 amide bonds. The Balaban J connectivity index is 2.02. The molecule has 1 aliphatic heterocycles. The van der Waals surface area contributed by atoms with Crippen LogP contribution in [0.4, 0.5) is 5.69 Å². The van der Waals surface area contributed by atoms with Crippen LogP contribution in [-0.2, 0) is 4.79 Å². The number of aliphatic imine (C=N–C) groups is 1. The number of carbonyl (C=O) groups is 1. The second-order valence-corrected chi connectivity index (χ2v) is 7.48. The first-order valence-corrected chi connectivity index (χ1v) is 9.85. The van der Waals surface area contributed by atoms with Crippen molar-refractivity contribution < 1.29 is 24.5 Å². The number of carbonyl (C=O) groups excluding carboxylic acids is 1. The number of phenolic OH excluding ortho intramolecular Hbond substituents is 2. The van der Waals surface area contributed by atoms with Gasteiger partial charge in [-0.15, -0.1) is 6.58 Å². The van der Waals surface area contributed by atoms with Gasteiger partial charge < -0.3 is 19.7 Å². The van der Waals surface area contributed by atoms with Gasteiger partial charge in [-0.05, 0) is 60.2 Å². The predicted molar refractivity (Wildman–Crippen MR) is 119 cm³/mol. The van der Waals surface area contributed by atoms with Gasteiger partial charge in [0, 0.05) is 6.54 Å². The van der Waals surface area contributed by atoms with Crippen LogP contribution in [0.15, 0.2) is 52.9 Å². The maximum atomic E-state index is 12.9. The first-order valence-electron chi connectivity index (χ1n) is 9.03. The summed E-state index contributed by atoms with van der Waals surface area (Å²) in [4.78, 5) is 19.3. The summed E-state index contributed by atoms with van der Waals surface area (Å²) in [7, 11) is 2.87. The second-order valence-electron chi connectivity index (χ2n) is 6.48. The number of phenols is 2. The van der Waals surface area contributed by atoms with Crippen LogP contribution in [-0.4, -0.2) is 47.0 Å². The van der Waals surface area contributed by atoms with Crippen LogP contribution < -0.4 is 9.47 Å². The van der Waals surface area contributed by atoms with E-state index >= 15 is 0 Å². The lowest BCUT2D eigenvalue weighted by Crippen LogP contribution is -2.29. The van der Waals surface area contributed by atoms with Gasteiger partial charge in [0.05, 0.1) is 19.1 Å². The van der Waals surface area contributed by atoms with E-state index in [0.29, 0.717) is 21.3 Å². The third-order valence-electron chi connectivity index (χ3n) is 4.35. The number of nitrogens with zero attached hydrogens (tertiary/aromatic N) is 2. The average Bonchev–Trinajstić information content (AvgIpc) is 3.00. The maximum absolute atomic E-state index is 12.9. The van der Waals surface area contributed by atoms with E-state index in [0.717, 1.165) is 5.56 Å². The first kappa shape index (κ1) is 21.3. The van der Waals surface area contributed by atoms with Gasteiger partial charge >= 0.3 is 0 Å². The van der Waals surface area contributed by atoms with Crippen molar-refractivity contribution in [3.8, 4) is 23.0 Å². The SMILES string of the molecule is C=CCN1C(=O)/C(=C/c2cc(OC)c(O)c(OC)c2)SC1=Nc1ccc(C)cc1O. The Kier molecular flexibility index (Phi) is 6.37. The summed E-state index contributed by atoms with van der Waals surface area (Å²) >= 11 is 1.18. The molecule has 0 unspecified atom stereocenters. The quantitative estimate of drug-likeness (QED) is 0.531. The molecule has 1 saturated heterocycles. The standard InChI is InChI=1S/C22H22N2O5S/c1-5-8-24-21(27)19(12-14-10-17(28-3)20(26)18(11-14)29-4)30-22(24)23-15-7-6-13(2)9-16(15)25/h5-7,9-12,25-26H,1,8H2,2-4H3/b19-12-,23-22?. The highest BCUT2D eigenvalue weighted by Gasteiger charge is 2.33. The van der Waals surface area contributed by atoms with Crippen molar-refractivity contribution in [2.24, 2.45) is 4.99 Å².